The van der Waals surface area contributed by atoms with Crippen molar-refractivity contribution in [2.45, 2.75) is 38.8 Å². The van der Waals surface area contributed by atoms with Gasteiger partial charge in [0.05, 0.1) is 62.9 Å². The van der Waals surface area contributed by atoms with Crippen LogP contribution in [0.25, 0.3) is 11.4 Å². The van der Waals surface area contributed by atoms with Crippen LogP contribution in [0.4, 0.5) is 0 Å². The van der Waals surface area contributed by atoms with E-state index in [1.54, 1.807) is 38.5 Å². The molecule has 2 aromatic heterocycles. The predicted molar refractivity (Wildman–Crippen MR) is 246 cm³/mol. The van der Waals surface area contributed by atoms with E-state index in [9.17, 15) is 19.2 Å². The normalized spacial score (nSPS) is 14.7. The zero-order valence-corrected chi connectivity index (χ0v) is 37.8. The summed E-state index contributed by atoms with van der Waals surface area (Å²) in [4.78, 5) is 62.2. The molecule has 6 aromatic rings. The molecule has 18 nitrogen and oxygen atoms in total. The number of ether oxygens (including phenoxy) is 2. The van der Waals surface area contributed by atoms with Crippen LogP contribution in [-0.4, -0.2) is 105 Å². The average molecular weight is 932 g/mol. The van der Waals surface area contributed by atoms with Crippen LogP contribution in [0.5, 0.6) is 11.5 Å². The van der Waals surface area contributed by atoms with Crippen LogP contribution in [0.15, 0.2) is 94.9 Å². The minimum Gasteiger partial charge on any atom is -0.497 e. The Morgan fingerprint density at radius 2 is 0.939 bits per heavy atom. The molecule has 20 heteroatoms. The first-order valence-electron chi connectivity index (χ1n) is 20.9. The Kier molecular flexibility index (Phi) is 13.5. The first-order chi connectivity index (χ1) is 31.9. The highest BCUT2D eigenvalue weighted by Gasteiger charge is 2.32. The molecule has 338 valence electrons. The summed E-state index contributed by atoms with van der Waals surface area (Å²) in [7, 11) is 3.17. The topological polar surface area (TPSA) is 221 Å². The summed E-state index contributed by atoms with van der Waals surface area (Å²) in [5.74, 6) is 1.53. The number of carbonyl (C=O) groups is 4. The van der Waals surface area contributed by atoms with Gasteiger partial charge in [0.25, 0.3) is 0 Å². The number of fused-ring (bicyclic) bond motifs is 6. The van der Waals surface area contributed by atoms with Gasteiger partial charge in [0.1, 0.15) is 35.2 Å². The highest BCUT2D eigenvalue weighted by atomic mass is 35.5. The lowest BCUT2D eigenvalue weighted by Gasteiger charge is -2.14. The third kappa shape index (κ3) is 9.79. The molecule has 4 amide bonds. The van der Waals surface area contributed by atoms with Crippen molar-refractivity contribution >= 4 is 58.3 Å². The molecule has 66 heavy (non-hydrogen) atoms. The predicted octanol–water partition coefficient (Wildman–Crippen LogP) is 4.52. The molecule has 0 saturated heterocycles. The lowest BCUT2D eigenvalue weighted by molar-refractivity contribution is -0.127. The Labute approximate surface area is 388 Å². The number of hydrogen-bond donors (Lipinski definition) is 4. The summed E-state index contributed by atoms with van der Waals surface area (Å²) in [6.45, 7) is 3.09. The quantitative estimate of drug-likeness (QED) is 0.106. The second-order valence-corrected chi connectivity index (χ2v) is 16.2. The third-order valence-corrected chi connectivity index (χ3v) is 11.4. The van der Waals surface area contributed by atoms with Gasteiger partial charge in [0, 0.05) is 45.4 Å². The summed E-state index contributed by atoms with van der Waals surface area (Å²) in [5.41, 5.74) is 5.83. The zero-order valence-electron chi connectivity index (χ0n) is 36.3. The molecule has 2 aliphatic heterocycles. The van der Waals surface area contributed by atoms with Gasteiger partial charge < -0.3 is 30.7 Å². The van der Waals surface area contributed by atoms with Gasteiger partial charge in [-0.05, 0) is 74.5 Å². The molecule has 0 bridgehead atoms. The van der Waals surface area contributed by atoms with Crippen LogP contribution in [0, 0.1) is 13.8 Å². The van der Waals surface area contributed by atoms with Gasteiger partial charge in [-0.2, -0.15) is 0 Å². The molecule has 0 aliphatic carbocycles. The van der Waals surface area contributed by atoms with Crippen molar-refractivity contribution in [3.8, 4) is 22.9 Å². The smallest absolute Gasteiger partial charge is 0.239 e. The number of nitrogens with one attached hydrogen (secondary N) is 4. The zero-order chi connectivity index (χ0) is 46.5. The van der Waals surface area contributed by atoms with E-state index in [1.807, 2.05) is 83.6 Å². The second-order valence-electron chi connectivity index (χ2n) is 15.3. The molecule has 0 saturated carbocycles. The number of benzene rings is 4. The molecule has 0 spiro atoms. The van der Waals surface area contributed by atoms with E-state index in [0.717, 1.165) is 33.6 Å². The van der Waals surface area contributed by atoms with Crippen molar-refractivity contribution in [2.24, 2.45) is 9.98 Å². The summed E-state index contributed by atoms with van der Waals surface area (Å²) in [6.07, 6.45) is -0.214. The maximum atomic E-state index is 13.4. The van der Waals surface area contributed by atoms with Gasteiger partial charge >= 0.3 is 0 Å². The molecular formula is C46H44Cl2N12O6. The lowest BCUT2D eigenvalue weighted by Crippen LogP contribution is -2.43. The van der Waals surface area contributed by atoms with Gasteiger partial charge in [0.2, 0.25) is 23.6 Å². The number of rotatable bonds is 15. The lowest BCUT2D eigenvalue weighted by atomic mass is 10.00. The monoisotopic (exact) mass is 930 g/mol. The van der Waals surface area contributed by atoms with E-state index >= 15 is 0 Å². The molecular weight excluding hydrogens is 887 g/mol. The SMILES string of the molecule is COc1ccc2c(c1)C(c1ccc(Cl)cc1)=NC(CC(=O)NCCNC(=O)CNC(=O)CNC(=O)CC1N=C(c3ccc(Cl)cc3)c3cc(OC)ccc3-n3c(C)nnc31)c1nnc(C)n1-2. The minimum absolute atomic E-state index is 0.0602. The first kappa shape index (κ1) is 45.1. The van der Waals surface area contributed by atoms with E-state index in [0.29, 0.717) is 56.3 Å². The Morgan fingerprint density at radius 3 is 1.38 bits per heavy atom. The number of carbonyl (C=O) groups excluding carboxylic acids is 4. The third-order valence-electron chi connectivity index (χ3n) is 10.9. The van der Waals surface area contributed by atoms with Crippen molar-refractivity contribution in [1.29, 1.82) is 0 Å². The number of amides is 4. The first-order valence-corrected chi connectivity index (χ1v) is 21.6. The summed E-state index contributed by atoms with van der Waals surface area (Å²) in [5, 5.41) is 29.2. The maximum Gasteiger partial charge on any atom is 0.239 e. The summed E-state index contributed by atoms with van der Waals surface area (Å²) < 4.78 is 14.8. The number of aryl methyl sites for hydroxylation is 2. The van der Waals surface area contributed by atoms with Gasteiger partial charge in [-0.25, -0.2) is 0 Å². The largest absolute Gasteiger partial charge is 0.497 e. The fourth-order valence-electron chi connectivity index (χ4n) is 7.74. The number of nitrogens with zero attached hydrogens (tertiary/aromatic N) is 8. The standard InChI is InChI=1S/C46H44Cl2N12O6/c1-25-55-57-45-35(53-43(27-5-9-29(47)10-6-27)33-19-31(65-3)13-15-37(33)59(25)45)21-39(61)49-17-18-50-41(63)23-52-42(64)24-51-40(62)22-36-46-58-56-26(2)60(46)38-16-14-32(66-4)20-34(38)44(54-36)28-7-11-30(48)12-8-28/h5-16,19-20,35-36H,17-18,21-24H2,1-4H3,(H,49,61)(H,50,63)(H,51,62)(H,52,64). The number of aliphatic imine (C=N–C) groups is 2. The molecule has 4 aromatic carbocycles. The summed E-state index contributed by atoms with van der Waals surface area (Å²) >= 11 is 12.4. The fraction of sp³-hybridized carbons (Fsp3) is 0.261. The number of aromatic nitrogens is 6. The number of methoxy groups -OCH3 is 2. The molecule has 2 unspecified atom stereocenters. The van der Waals surface area contributed by atoms with Crippen molar-refractivity contribution < 1.29 is 28.7 Å². The molecule has 8 rings (SSSR count). The molecule has 4 heterocycles. The summed E-state index contributed by atoms with van der Waals surface area (Å²) in [6, 6.07) is 24.2. The van der Waals surface area contributed by atoms with Crippen LogP contribution in [0.1, 0.15) is 70.5 Å². The Hall–Kier alpha value is -7.44. The molecule has 2 aliphatic rings. The van der Waals surface area contributed by atoms with Gasteiger partial charge in [-0.15, -0.1) is 20.4 Å². The van der Waals surface area contributed by atoms with E-state index in [-0.39, 0.29) is 44.9 Å². The van der Waals surface area contributed by atoms with E-state index in [4.69, 9.17) is 42.7 Å². The molecule has 0 fully saturated rings. The fourth-order valence-corrected chi connectivity index (χ4v) is 7.99. The van der Waals surface area contributed by atoms with Crippen LogP contribution in [0.3, 0.4) is 0 Å². The van der Waals surface area contributed by atoms with E-state index in [1.165, 1.54) is 0 Å². The average Bonchev–Trinajstić information content (AvgIpc) is 3.82. The molecule has 2 atom stereocenters. The highest BCUT2D eigenvalue weighted by molar-refractivity contribution is 6.31. The van der Waals surface area contributed by atoms with Crippen molar-refractivity contribution in [1.82, 2.24) is 50.8 Å². The van der Waals surface area contributed by atoms with Crippen molar-refractivity contribution in [3.05, 3.63) is 141 Å². The van der Waals surface area contributed by atoms with E-state index < -0.39 is 29.8 Å². The number of halogens is 2. The van der Waals surface area contributed by atoms with Crippen LogP contribution in [0.2, 0.25) is 10.0 Å². The van der Waals surface area contributed by atoms with Crippen LogP contribution in [-0.2, 0) is 19.2 Å². The van der Waals surface area contributed by atoms with Crippen LogP contribution >= 0.6 is 23.2 Å². The Morgan fingerprint density at radius 1 is 0.545 bits per heavy atom. The van der Waals surface area contributed by atoms with Gasteiger partial charge in [-0.3, -0.25) is 38.3 Å². The van der Waals surface area contributed by atoms with Crippen molar-refractivity contribution in [3.63, 3.8) is 0 Å². The minimum atomic E-state index is -0.775. The Bertz CT molecular complexity index is 2890. The Balaban J connectivity index is 0.838. The van der Waals surface area contributed by atoms with E-state index in [2.05, 4.69) is 41.7 Å². The highest BCUT2D eigenvalue weighted by Crippen LogP contribution is 2.36. The maximum absolute atomic E-state index is 13.4. The van der Waals surface area contributed by atoms with Crippen LogP contribution < -0.4 is 30.7 Å². The van der Waals surface area contributed by atoms with Crippen molar-refractivity contribution in [2.75, 3.05) is 40.4 Å². The van der Waals surface area contributed by atoms with Gasteiger partial charge in [-0.1, -0.05) is 47.5 Å². The second kappa shape index (κ2) is 19.7. The molecule has 4 N–H and O–H groups in total. The number of hydrogen-bond acceptors (Lipinski definition) is 12. The van der Waals surface area contributed by atoms with Gasteiger partial charge in [0.15, 0.2) is 11.6 Å². The molecule has 0 radical (unpaired) electrons.